The lowest BCUT2D eigenvalue weighted by atomic mass is 10.1. The number of halogens is 1. The molecule has 0 fully saturated rings. The van der Waals surface area contributed by atoms with Crippen LogP contribution in [0.3, 0.4) is 0 Å². The molecule has 0 saturated heterocycles. The van der Waals surface area contributed by atoms with Crippen LogP contribution in [0.15, 0.2) is 80.1 Å². The molecule has 7 heteroatoms. The number of amides is 1. The van der Waals surface area contributed by atoms with Crippen molar-refractivity contribution in [2.45, 2.75) is 27.7 Å². The Morgan fingerprint density at radius 1 is 1.06 bits per heavy atom. The Hall–Kier alpha value is -1.94. The van der Waals surface area contributed by atoms with Gasteiger partial charge in [-0.2, -0.15) is 0 Å². The molecular formula is C25H19IN2OS3. The van der Waals surface area contributed by atoms with Gasteiger partial charge in [-0.1, -0.05) is 52.6 Å². The summed E-state index contributed by atoms with van der Waals surface area (Å²) < 4.78 is 0.983. The van der Waals surface area contributed by atoms with E-state index >= 15 is 0 Å². The number of carbonyl (C=O) groups is 1. The van der Waals surface area contributed by atoms with Crippen LogP contribution >= 0.6 is 57.0 Å². The van der Waals surface area contributed by atoms with E-state index in [9.17, 15) is 4.79 Å². The molecule has 160 valence electrons. The lowest BCUT2D eigenvalue weighted by Crippen LogP contribution is -2.22. The lowest BCUT2D eigenvalue weighted by Gasteiger charge is -2.08. The average Bonchev–Trinajstić information content (AvgIpc) is 3.42. The van der Waals surface area contributed by atoms with Crippen LogP contribution in [-0.2, 0) is 11.0 Å². The van der Waals surface area contributed by atoms with Crippen molar-refractivity contribution in [2.24, 2.45) is 4.99 Å². The molecule has 0 unspecified atom stereocenters. The van der Waals surface area contributed by atoms with E-state index in [4.69, 9.17) is 4.99 Å². The zero-order valence-electron chi connectivity index (χ0n) is 17.2. The summed E-state index contributed by atoms with van der Waals surface area (Å²) in [6.07, 6.45) is 0. The molecule has 0 atom stereocenters. The highest BCUT2D eigenvalue weighted by atomic mass is 127. The Labute approximate surface area is 213 Å². The summed E-state index contributed by atoms with van der Waals surface area (Å²) in [6.45, 7) is 2.66. The van der Waals surface area contributed by atoms with Gasteiger partial charge in [0, 0.05) is 30.2 Å². The van der Waals surface area contributed by atoms with Crippen molar-refractivity contribution in [1.29, 1.82) is 0 Å². The molecule has 4 aromatic rings. The van der Waals surface area contributed by atoms with E-state index in [1.807, 2.05) is 18.2 Å². The topological polar surface area (TPSA) is 41.5 Å². The maximum atomic E-state index is 12.9. The Morgan fingerprint density at radius 3 is 2.72 bits per heavy atom. The van der Waals surface area contributed by atoms with Crippen LogP contribution in [0, 0.1) is 6.92 Å². The van der Waals surface area contributed by atoms with Gasteiger partial charge >= 0.3 is 0 Å². The Bertz CT molecular complexity index is 1340. The van der Waals surface area contributed by atoms with Crippen molar-refractivity contribution in [3.8, 4) is 0 Å². The second kappa shape index (κ2) is 9.51. The van der Waals surface area contributed by atoms with Crippen LogP contribution in [0.4, 0.5) is 5.69 Å². The van der Waals surface area contributed by atoms with Crippen molar-refractivity contribution in [1.82, 2.24) is 5.32 Å². The smallest absolute Gasteiger partial charge is 0.251 e. The fourth-order valence-electron chi connectivity index (χ4n) is 3.53. The van der Waals surface area contributed by atoms with Gasteiger partial charge < -0.3 is 5.32 Å². The number of aliphatic imine (C=N–C) groups is 1. The fourth-order valence-corrected chi connectivity index (χ4v) is 7.03. The number of nitrogens with one attached hydrogen (secondary N) is 1. The van der Waals surface area contributed by atoms with Crippen molar-refractivity contribution >= 4 is 74.3 Å². The van der Waals surface area contributed by atoms with E-state index < -0.39 is 0 Å². The molecule has 0 saturated carbocycles. The summed E-state index contributed by atoms with van der Waals surface area (Å²) in [5, 5.41) is 7.31. The van der Waals surface area contributed by atoms with Gasteiger partial charge in [0.15, 0.2) is 0 Å². The summed E-state index contributed by atoms with van der Waals surface area (Å²) in [7, 11) is 0. The predicted molar refractivity (Wildman–Crippen MR) is 145 cm³/mol. The van der Waals surface area contributed by atoms with Crippen LogP contribution in [0.1, 0.15) is 36.8 Å². The van der Waals surface area contributed by atoms with Crippen molar-refractivity contribution in [3.63, 3.8) is 0 Å². The van der Waals surface area contributed by atoms with Gasteiger partial charge in [-0.05, 0) is 65.2 Å². The third-order valence-electron chi connectivity index (χ3n) is 5.18. The molecule has 3 heterocycles. The summed E-state index contributed by atoms with van der Waals surface area (Å²) >= 11 is 7.45. The van der Waals surface area contributed by atoms with E-state index in [1.54, 1.807) is 34.4 Å². The number of thiophene rings is 2. The first-order valence-corrected chi connectivity index (χ1v) is 14.2. The minimum atomic E-state index is -0.0759. The van der Waals surface area contributed by atoms with Crippen molar-refractivity contribution < 1.29 is 4.79 Å². The molecular weight excluding hydrogens is 567 g/mol. The predicted octanol–water partition coefficient (Wildman–Crippen LogP) is 7.62. The first-order chi connectivity index (χ1) is 15.6. The number of fused-ring (bicyclic) bond motifs is 2. The fraction of sp³-hybridized carbons (Fsp3) is 0.120. The third-order valence-corrected chi connectivity index (χ3v) is 9.21. The minimum absolute atomic E-state index is 0.0759. The quantitative estimate of drug-likeness (QED) is 0.170. The maximum absolute atomic E-state index is 12.9. The first kappa shape index (κ1) is 21.9. The molecule has 1 aliphatic heterocycles. The number of carbonyl (C=O) groups excluding carboxylic acids is 1. The van der Waals surface area contributed by atoms with Gasteiger partial charge in [-0.3, -0.25) is 4.79 Å². The summed E-state index contributed by atoms with van der Waals surface area (Å²) in [6, 6.07) is 18.5. The molecule has 1 amide bonds. The molecule has 0 radical (unpaired) electrons. The standard InChI is InChI=1S/C25H19IN2OS3/c1-15-8-9-30-24(15)23-19-4-2-3-5-21(19)32-22-7-6-17(11-20(22)28-23)25(29)27-13-18-10-16(12-26)14-31-18/h2-11,14H,12-13H2,1H3,(H,27,29). The van der Waals surface area contributed by atoms with Crippen LogP contribution in [0.25, 0.3) is 0 Å². The molecule has 0 spiro atoms. The highest BCUT2D eigenvalue weighted by Gasteiger charge is 2.21. The molecule has 32 heavy (non-hydrogen) atoms. The van der Waals surface area contributed by atoms with E-state index in [0.29, 0.717) is 12.1 Å². The van der Waals surface area contributed by atoms with Gasteiger partial charge in [0.05, 0.1) is 22.8 Å². The molecule has 1 N–H and O–H groups in total. The average molecular weight is 587 g/mol. The number of alkyl halides is 1. The van der Waals surface area contributed by atoms with Crippen LogP contribution in [-0.4, -0.2) is 11.6 Å². The second-order valence-corrected chi connectivity index (χ2v) is 11.2. The zero-order valence-corrected chi connectivity index (χ0v) is 21.8. The van der Waals surface area contributed by atoms with Gasteiger partial charge in [0.1, 0.15) is 0 Å². The van der Waals surface area contributed by atoms with Gasteiger partial charge in [-0.25, -0.2) is 4.99 Å². The summed E-state index contributed by atoms with van der Waals surface area (Å²) in [4.78, 5) is 22.5. The zero-order chi connectivity index (χ0) is 22.1. The first-order valence-electron chi connectivity index (χ1n) is 10.1. The normalized spacial score (nSPS) is 12.5. The van der Waals surface area contributed by atoms with Gasteiger partial charge in [0.2, 0.25) is 0 Å². The number of hydrogen-bond donors (Lipinski definition) is 1. The third kappa shape index (κ3) is 4.44. The second-order valence-electron chi connectivity index (χ2n) is 7.41. The number of rotatable bonds is 5. The molecule has 2 aromatic heterocycles. The maximum Gasteiger partial charge on any atom is 0.251 e. The molecule has 3 nitrogen and oxygen atoms in total. The summed E-state index contributed by atoms with van der Waals surface area (Å²) in [5.74, 6) is -0.0759. The Morgan fingerprint density at radius 2 is 1.94 bits per heavy atom. The molecule has 5 rings (SSSR count). The molecule has 1 aliphatic rings. The largest absolute Gasteiger partial charge is 0.347 e. The molecule has 0 bridgehead atoms. The number of hydrogen-bond acceptors (Lipinski definition) is 5. The Balaban J connectivity index is 1.48. The highest BCUT2D eigenvalue weighted by molar-refractivity contribution is 14.1. The van der Waals surface area contributed by atoms with Crippen molar-refractivity contribution in [2.75, 3.05) is 0 Å². The van der Waals surface area contributed by atoms with Crippen LogP contribution in [0.2, 0.25) is 0 Å². The molecule has 0 aliphatic carbocycles. The Kier molecular flexibility index (Phi) is 6.50. The minimum Gasteiger partial charge on any atom is -0.347 e. The van der Waals surface area contributed by atoms with Gasteiger partial charge in [0.25, 0.3) is 5.91 Å². The van der Waals surface area contributed by atoms with E-state index in [1.165, 1.54) is 25.8 Å². The number of nitrogens with zero attached hydrogens (tertiary/aromatic N) is 1. The van der Waals surface area contributed by atoms with E-state index in [-0.39, 0.29) is 5.91 Å². The highest BCUT2D eigenvalue weighted by Crippen LogP contribution is 2.42. The van der Waals surface area contributed by atoms with Crippen LogP contribution in [0.5, 0.6) is 0 Å². The summed E-state index contributed by atoms with van der Waals surface area (Å²) in [5.41, 5.74) is 6.09. The lowest BCUT2D eigenvalue weighted by molar-refractivity contribution is 0.0951. The van der Waals surface area contributed by atoms with Gasteiger partial charge in [-0.15, -0.1) is 22.7 Å². The number of aryl methyl sites for hydroxylation is 1. The van der Waals surface area contributed by atoms with E-state index in [2.05, 4.69) is 82.0 Å². The monoisotopic (exact) mass is 586 g/mol. The molecule has 2 aromatic carbocycles. The van der Waals surface area contributed by atoms with E-state index in [0.717, 1.165) is 26.3 Å². The van der Waals surface area contributed by atoms with Crippen molar-refractivity contribution in [3.05, 3.63) is 97.4 Å². The SMILES string of the molecule is Cc1ccsc1C1=Nc2cc(C(=O)NCc3cc(CI)cs3)ccc2Sc2ccccc21. The number of benzene rings is 2. The van der Waals surface area contributed by atoms with Crippen LogP contribution < -0.4 is 5.32 Å².